The smallest absolute Gasteiger partial charge is 0.249 e. The van der Waals surface area contributed by atoms with Crippen LogP contribution in [0.4, 0.5) is 0 Å². The van der Waals surface area contributed by atoms with Gasteiger partial charge in [0.15, 0.2) is 0 Å². The molecule has 0 bridgehead atoms. The summed E-state index contributed by atoms with van der Waals surface area (Å²) in [6.45, 7) is 8.18. The molecule has 5 unspecified atom stereocenters. The number of carbonyl (C=O) groups excluding carboxylic acids is 2. The molecule has 4 rings (SSSR count). The quantitative estimate of drug-likeness (QED) is 0.723. The van der Waals surface area contributed by atoms with Gasteiger partial charge in [0.05, 0.1) is 17.9 Å². The Balaban J connectivity index is 1.69. The van der Waals surface area contributed by atoms with E-state index in [2.05, 4.69) is 10.3 Å². The van der Waals surface area contributed by atoms with Gasteiger partial charge in [0.25, 0.3) is 0 Å². The fourth-order valence-corrected chi connectivity index (χ4v) is 5.33. The first-order valence-electron chi connectivity index (χ1n) is 11.4. The van der Waals surface area contributed by atoms with Crippen molar-refractivity contribution in [3.05, 3.63) is 11.9 Å². The van der Waals surface area contributed by atoms with Gasteiger partial charge in [-0.1, -0.05) is 26.0 Å². The molecule has 2 amide bonds. The Bertz CT molecular complexity index is 839. The number of β-amino-alcohol motifs (C(OH)–C–C–N with tert-alkyl or cyclic N) is 1. The number of ether oxygens (including phenoxy) is 1. The number of aliphatic hydroxyl groups is 1. The van der Waals surface area contributed by atoms with Crippen LogP contribution in [0.1, 0.15) is 77.5 Å². The highest BCUT2D eigenvalue weighted by molar-refractivity contribution is 5.93. The number of aromatic nitrogens is 3. The van der Waals surface area contributed by atoms with E-state index in [0.717, 1.165) is 37.8 Å². The Hall–Kier alpha value is -2.00. The SMILES string of the molecule is CC(C)(C)C(C(=O)N1CC(O)C(C2CCCCO2)C1(C)C(N)=O)n1cc(C2CC2)nn1. The third-order valence-corrected chi connectivity index (χ3v) is 7.22. The predicted molar refractivity (Wildman–Crippen MR) is 113 cm³/mol. The van der Waals surface area contributed by atoms with E-state index in [0.29, 0.717) is 12.5 Å². The van der Waals surface area contributed by atoms with Crippen molar-refractivity contribution >= 4 is 11.8 Å². The molecule has 0 spiro atoms. The molecule has 0 radical (unpaired) electrons. The molecule has 2 saturated heterocycles. The number of likely N-dealkylation sites (tertiary alicyclic amines) is 1. The second-order valence-corrected chi connectivity index (χ2v) is 10.6. The molecule has 9 nitrogen and oxygen atoms in total. The highest BCUT2D eigenvalue weighted by Crippen LogP contribution is 2.44. The van der Waals surface area contributed by atoms with E-state index in [1.807, 2.05) is 27.0 Å². The Kier molecular flexibility index (Phi) is 5.62. The Morgan fingerprint density at radius 1 is 1.29 bits per heavy atom. The van der Waals surface area contributed by atoms with Crippen LogP contribution < -0.4 is 5.73 Å². The van der Waals surface area contributed by atoms with Gasteiger partial charge < -0.3 is 20.5 Å². The fourth-order valence-electron chi connectivity index (χ4n) is 5.33. The van der Waals surface area contributed by atoms with Crippen LogP contribution in [-0.2, 0) is 14.3 Å². The van der Waals surface area contributed by atoms with Crippen molar-refractivity contribution in [3.8, 4) is 0 Å². The topological polar surface area (TPSA) is 124 Å². The van der Waals surface area contributed by atoms with E-state index in [4.69, 9.17) is 10.5 Å². The average Bonchev–Trinajstić information content (AvgIpc) is 3.37. The van der Waals surface area contributed by atoms with E-state index in [1.165, 1.54) is 4.90 Å². The maximum atomic E-state index is 14.0. The molecular formula is C22H35N5O4. The number of hydrogen-bond acceptors (Lipinski definition) is 6. The lowest BCUT2D eigenvalue weighted by molar-refractivity contribution is -0.153. The number of primary amides is 1. The standard InChI is InChI=1S/C22H35N5O4/c1-21(2,3)18(27-11-14(24-25-27)13-8-9-13)19(29)26-12-15(28)17(22(26,4)20(23)30)16-7-5-6-10-31-16/h11,13,15-18,28H,5-10,12H2,1-4H3,(H2,23,30). The number of aliphatic hydroxyl groups excluding tert-OH is 1. The maximum absolute atomic E-state index is 14.0. The van der Waals surface area contributed by atoms with Crippen molar-refractivity contribution in [2.24, 2.45) is 17.1 Å². The third kappa shape index (κ3) is 3.86. The van der Waals surface area contributed by atoms with Crippen LogP contribution in [0, 0.1) is 11.3 Å². The van der Waals surface area contributed by atoms with Gasteiger partial charge in [-0.25, -0.2) is 4.68 Å². The number of carbonyl (C=O) groups is 2. The van der Waals surface area contributed by atoms with Crippen LogP contribution in [0.3, 0.4) is 0 Å². The molecule has 1 aromatic heterocycles. The number of nitrogens with zero attached hydrogens (tertiary/aromatic N) is 4. The lowest BCUT2D eigenvalue weighted by Gasteiger charge is -2.43. The summed E-state index contributed by atoms with van der Waals surface area (Å²) in [6, 6.07) is -0.676. The van der Waals surface area contributed by atoms with E-state index < -0.39 is 34.9 Å². The van der Waals surface area contributed by atoms with Gasteiger partial charge in [0.1, 0.15) is 11.6 Å². The fraction of sp³-hybridized carbons (Fsp3) is 0.818. The second kappa shape index (κ2) is 7.85. The summed E-state index contributed by atoms with van der Waals surface area (Å²) in [6.07, 6.45) is 5.50. The summed E-state index contributed by atoms with van der Waals surface area (Å²) in [5, 5.41) is 19.5. The van der Waals surface area contributed by atoms with Crippen molar-refractivity contribution in [2.45, 2.75) is 89.5 Å². The average molecular weight is 434 g/mol. The van der Waals surface area contributed by atoms with Crippen molar-refractivity contribution in [3.63, 3.8) is 0 Å². The van der Waals surface area contributed by atoms with Crippen molar-refractivity contribution in [2.75, 3.05) is 13.2 Å². The molecule has 3 fully saturated rings. The van der Waals surface area contributed by atoms with Gasteiger partial charge in [-0.3, -0.25) is 9.59 Å². The van der Waals surface area contributed by atoms with Gasteiger partial charge in [0.2, 0.25) is 11.8 Å². The largest absolute Gasteiger partial charge is 0.391 e. The highest BCUT2D eigenvalue weighted by atomic mass is 16.5. The molecular weight excluding hydrogens is 398 g/mol. The first-order chi connectivity index (χ1) is 14.5. The van der Waals surface area contributed by atoms with Gasteiger partial charge in [-0.2, -0.15) is 0 Å². The zero-order chi connectivity index (χ0) is 22.6. The third-order valence-electron chi connectivity index (χ3n) is 7.22. The molecule has 9 heteroatoms. The lowest BCUT2D eigenvalue weighted by Crippen LogP contribution is -2.61. The van der Waals surface area contributed by atoms with Crippen molar-refractivity contribution < 1.29 is 19.4 Å². The minimum atomic E-state index is -1.35. The normalized spacial score (nSPS) is 32.8. The van der Waals surface area contributed by atoms with Crippen molar-refractivity contribution in [1.82, 2.24) is 19.9 Å². The zero-order valence-electron chi connectivity index (χ0n) is 19.0. The minimum Gasteiger partial charge on any atom is -0.391 e. The summed E-state index contributed by atoms with van der Waals surface area (Å²) in [7, 11) is 0. The second-order valence-electron chi connectivity index (χ2n) is 10.6. The summed E-state index contributed by atoms with van der Waals surface area (Å²) >= 11 is 0. The molecule has 0 aromatic carbocycles. The van der Waals surface area contributed by atoms with E-state index in [1.54, 1.807) is 11.6 Å². The first kappa shape index (κ1) is 22.2. The Labute approximate surface area is 183 Å². The molecule has 5 atom stereocenters. The van der Waals surface area contributed by atoms with Crippen LogP contribution in [0.5, 0.6) is 0 Å². The first-order valence-corrected chi connectivity index (χ1v) is 11.4. The van der Waals surface area contributed by atoms with Gasteiger partial charge >= 0.3 is 0 Å². The van der Waals surface area contributed by atoms with E-state index in [9.17, 15) is 14.7 Å². The number of hydrogen-bond donors (Lipinski definition) is 2. The van der Waals surface area contributed by atoms with Crippen LogP contribution in [-0.4, -0.2) is 67.7 Å². The predicted octanol–water partition coefficient (Wildman–Crippen LogP) is 1.38. The molecule has 3 N–H and O–H groups in total. The van der Waals surface area contributed by atoms with E-state index >= 15 is 0 Å². The van der Waals surface area contributed by atoms with Gasteiger partial charge in [-0.05, 0) is 44.4 Å². The monoisotopic (exact) mass is 433 g/mol. The summed E-state index contributed by atoms with van der Waals surface area (Å²) < 4.78 is 7.54. The molecule has 1 aromatic rings. The zero-order valence-corrected chi connectivity index (χ0v) is 19.0. The molecule has 1 saturated carbocycles. The van der Waals surface area contributed by atoms with Crippen molar-refractivity contribution in [1.29, 1.82) is 0 Å². The Morgan fingerprint density at radius 2 is 2.00 bits per heavy atom. The molecule has 3 aliphatic rings. The molecule has 31 heavy (non-hydrogen) atoms. The van der Waals surface area contributed by atoms with Crippen LogP contribution in [0.15, 0.2) is 6.20 Å². The summed E-state index contributed by atoms with van der Waals surface area (Å²) in [4.78, 5) is 28.2. The van der Waals surface area contributed by atoms with E-state index in [-0.39, 0.29) is 18.6 Å². The minimum absolute atomic E-state index is 0.0412. The van der Waals surface area contributed by atoms with Crippen LogP contribution in [0.2, 0.25) is 0 Å². The lowest BCUT2D eigenvalue weighted by atomic mass is 9.77. The molecule has 2 aliphatic heterocycles. The number of nitrogens with two attached hydrogens (primary N) is 1. The molecule has 172 valence electrons. The number of rotatable bonds is 5. The van der Waals surface area contributed by atoms with Crippen LogP contribution in [0.25, 0.3) is 0 Å². The number of amides is 2. The van der Waals surface area contributed by atoms with Gasteiger partial charge in [-0.15, -0.1) is 5.10 Å². The summed E-state index contributed by atoms with van der Waals surface area (Å²) in [5.41, 5.74) is 4.95. The Morgan fingerprint density at radius 3 is 2.55 bits per heavy atom. The maximum Gasteiger partial charge on any atom is 0.249 e. The summed E-state index contributed by atoms with van der Waals surface area (Å²) in [5.74, 6) is -1.05. The van der Waals surface area contributed by atoms with Crippen LogP contribution >= 0.6 is 0 Å². The highest BCUT2D eigenvalue weighted by Gasteiger charge is 2.60. The molecule has 3 heterocycles. The molecule has 1 aliphatic carbocycles. The van der Waals surface area contributed by atoms with Gasteiger partial charge in [0, 0.05) is 31.2 Å².